The highest BCUT2D eigenvalue weighted by Gasteiger charge is 2.20. The van der Waals surface area contributed by atoms with Crippen molar-refractivity contribution in [3.05, 3.63) is 34.6 Å². The molecular formula is C13H17N3S. The number of hydrogen-bond acceptors (Lipinski definition) is 2. The van der Waals surface area contributed by atoms with E-state index in [4.69, 9.17) is 12.2 Å². The molecule has 0 aliphatic rings. The lowest BCUT2D eigenvalue weighted by molar-refractivity contribution is 0.395. The van der Waals surface area contributed by atoms with Crippen LogP contribution < -0.4 is 0 Å². The third-order valence-electron chi connectivity index (χ3n) is 2.65. The predicted octanol–water partition coefficient (Wildman–Crippen LogP) is 3.67. The largest absolute Gasteiger partial charge is 0.295 e. The highest BCUT2D eigenvalue weighted by Crippen LogP contribution is 2.24. The van der Waals surface area contributed by atoms with Gasteiger partial charge in [0.15, 0.2) is 10.6 Å². The Kier molecular flexibility index (Phi) is 2.91. The second-order valence-electron chi connectivity index (χ2n) is 5.22. The van der Waals surface area contributed by atoms with Crippen molar-refractivity contribution in [1.82, 2.24) is 14.8 Å². The number of rotatable bonds is 1. The maximum atomic E-state index is 5.29. The van der Waals surface area contributed by atoms with Crippen LogP contribution in [0.4, 0.5) is 0 Å². The molecule has 1 N–H and O–H groups in total. The van der Waals surface area contributed by atoms with Crippen molar-refractivity contribution in [2.75, 3.05) is 0 Å². The summed E-state index contributed by atoms with van der Waals surface area (Å²) in [6.07, 6.45) is 0. The number of aryl methyl sites for hydroxylation is 1. The standard InChI is InChI=1S/C13H17N3S/c1-9-5-7-10(8-6-9)11-14-15-12(17)16(11)13(2,3)4/h5-8H,1-4H3,(H,15,17). The van der Waals surface area contributed by atoms with Crippen molar-refractivity contribution in [3.8, 4) is 11.4 Å². The molecule has 2 aromatic rings. The van der Waals surface area contributed by atoms with Gasteiger partial charge in [0, 0.05) is 11.1 Å². The Bertz CT molecular complexity index is 570. The van der Waals surface area contributed by atoms with E-state index in [1.54, 1.807) is 0 Å². The minimum Gasteiger partial charge on any atom is -0.295 e. The summed E-state index contributed by atoms with van der Waals surface area (Å²) in [5.74, 6) is 0.891. The van der Waals surface area contributed by atoms with Crippen molar-refractivity contribution in [2.24, 2.45) is 0 Å². The lowest BCUT2D eigenvalue weighted by Gasteiger charge is -2.22. The molecule has 0 spiro atoms. The fourth-order valence-electron chi connectivity index (χ4n) is 1.82. The average Bonchev–Trinajstić information content (AvgIpc) is 2.61. The average molecular weight is 247 g/mol. The number of nitrogens with zero attached hydrogens (tertiary/aromatic N) is 2. The fourth-order valence-corrected chi connectivity index (χ4v) is 2.22. The van der Waals surface area contributed by atoms with E-state index in [-0.39, 0.29) is 5.54 Å². The van der Waals surface area contributed by atoms with Crippen LogP contribution in [0.15, 0.2) is 24.3 Å². The molecule has 0 saturated heterocycles. The highest BCUT2D eigenvalue weighted by atomic mass is 32.1. The molecule has 0 saturated carbocycles. The van der Waals surface area contributed by atoms with Crippen molar-refractivity contribution >= 4 is 12.2 Å². The second-order valence-corrected chi connectivity index (χ2v) is 5.61. The molecule has 1 aromatic carbocycles. The number of nitrogens with one attached hydrogen (secondary N) is 1. The monoisotopic (exact) mass is 247 g/mol. The predicted molar refractivity (Wildman–Crippen MR) is 72.6 cm³/mol. The molecule has 0 unspecified atom stereocenters. The molecule has 0 aliphatic carbocycles. The Hall–Kier alpha value is -1.42. The minimum absolute atomic E-state index is 0.0791. The normalized spacial score (nSPS) is 11.8. The van der Waals surface area contributed by atoms with Crippen LogP contribution in [0, 0.1) is 11.7 Å². The van der Waals surface area contributed by atoms with Gasteiger partial charge in [0.2, 0.25) is 0 Å². The Labute approximate surface area is 106 Å². The lowest BCUT2D eigenvalue weighted by atomic mass is 10.1. The number of hydrogen-bond donors (Lipinski definition) is 1. The summed E-state index contributed by atoms with van der Waals surface area (Å²) in [4.78, 5) is 0. The second kappa shape index (κ2) is 4.11. The zero-order valence-electron chi connectivity index (χ0n) is 10.6. The first-order valence-corrected chi connectivity index (χ1v) is 6.05. The maximum Gasteiger partial charge on any atom is 0.195 e. The molecule has 2 rings (SSSR count). The summed E-state index contributed by atoms with van der Waals surface area (Å²) < 4.78 is 2.71. The molecule has 0 atom stereocenters. The smallest absolute Gasteiger partial charge is 0.195 e. The van der Waals surface area contributed by atoms with E-state index < -0.39 is 0 Å². The molecule has 0 aliphatic heterocycles. The van der Waals surface area contributed by atoms with Gasteiger partial charge in [-0.05, 0) is 39.9 Å². The first-order valence-electron chi connectivity index (χ1n) is 5.64. The number of aromatic nitrogens is 3. The van der Waals surface area contributed by atoms with Crippen LogP contribution in [0.5, 0.6) is 0 Å². The summed E-state index contributed by atoms with van der Waals surface area (Å²) in [6, 6.07) is 8.31. The Morgan fingerprint density at radius 3 is 2.29 bits per heavy atom. The maximum absolute atomic E-state index is 5.29. The van der Waals surface area contributed by atoms with Crippen LogP contribution in [0.2, 0.25) is 0 Å². The van der Waals surface area contributed by atoms with Crippen molar-refractivity contribution in [3.63, 3.8) is 0 Å². The van der Waals surface area contributed by atoms with Gasteiger partial charge in [0.1, 0.15) is 0 Å². The molecule has 0 amide bonds. The van der Waals surface area contributed by atoms with E-state index in [9.17, 15) is 0 Å². The minimum atomic E-state index is -0.0791. The third-order valence-corrected chi connectivity index (χ3v) is 2.93. The first-order chi connectivity index (χ1) is 7.89. The van der Waals surface area contributed by atoms with Gasteiger partial charge < -0.3 is 0 Å². The quantitative estimate of drug-likeness (QED) is 0.780. The Balaban J connectivity index is 2.61. The molecule has 90 valence electrons. The molecule has 0 fully saturated rings. The van der Waals surface area contributed by atoms with E-state index in [1.165, 1.54) is 5.56 Å². The van der Waals surface area contributed by atoms with Crippen LogP contribution in [0.25, 0.3) is 11.4 Å². The van der Waals surface area contributed by atoms with Gasteiger partial charge in [-0.25, -0.2) is 0 Å². The Morgan fingerprint density at radius 2 is 1.76 bits per heavy atom. The molecule has 1 aromatic heterocycles. The molecular weight excluding hydrogens is 230 g/mol. The van der Waals surface area contributed by atoms with Crippen LogP contribution in [-0.2, 0) is 5.54 Å². The van der Waals surface area contributed by atoms with Gasteiger partial charge in [0.05, 0.1) is 0 Å². The molecule has 17 heavy (non-hydrogen) atoms. The van der Waals surface area contributed by atoms with Crippen LogP contribution >= 0.6 is 12.2 Å². The zero-order valence-corrected chi connectivity index (χ0v) is 11.4. The van der Waals surface area contributed by atoms with Gasteiger partial charge in [-0.2, -0.15) is 5.10 Å². The SMILES string of the molecule is Cc1ccc(-c2n[nH]c(=S)n2C(C)(C)C)cc1. The summed E-state index contributed by atoms with van der Waals surface area (Å²) in [5.41, 5.74) is 2.24. The third kappa shape index (κ3) is 2.31. The van der Waals surface area contributed by atoms with E-state index in [0.29, 0.717) is 4.77 Å². The van der Waals surface area contributed by atoms with Gasteiger partial charge in [-0.15, -0.1) is 0 Å². The van der Waals surface area contributed by atoms with Crippen LogP contribution in [0.1, 0.15) is 26.3 Å². The topological polar surface area (TPSA) is 33.6 Å². The molecule has 1 heterocycles. The van der Waals surface area contributed by atoms with Gasteiger partial charge in [-0.1, -0.05) is 29.8 Å². The van der Waals surface area contributed by atoms with Gasteiger partial charge in [-0.3, -0.25) is 9.67 Å². The summed E-state index contributed by atoms with van der Waals surface area (Å²) in [7, 11) is 0. The molecule has 4 heteroatoms. The van der Waals surface area contributed by atoms with E-state index in [0.717, 1.165) is 11.4 Å². The highest BCUT2D eigenvalue weighted by molar-refractivity contribution is 7.71. The summed E-state index contributed by atoms with van der Waals surface area (Å²) in [6.45, 7) is 8.44. The fraction of sp³-hybridized carbons (Fsp3) is 0.385. The van der Waals surface area contributed by atoms with E-state index >= 15 is 0 Å². The van der Waals surface area contributed by atoms with Crippen molar-refractivity contribution in [1.29, 1.82) is 0 Å². The molecule has 3 nitrogen and oxygen atoms in total. The van der Waals surface area contributed by atoms with Crippen molar-refractivity contribution in [2.45, 2.75) is 33.2 Å². The number of aromatic amines is 1. The van der Waals surface area contributed by atoms with E-state index in [1.807, 2.05) is 4.57 Å². The van der Waals surface area contributed by atoms with E-state index in [2.05, 4.69) is 62.2 Å². The number of H-pyrrole nitrogens is 1. The Morgan fingerprint density at radius 1 is 1.18 bits per heavy atom. The van der Waals surface area contributed by atoms with Crippen LogP contribution in [0.3, 0.4) is 0 Å². The summed E-state index contributed by atoms with van der Waals surface area (Å²) in [5, 5.41) is 7.20. The number of benzene rings is 1. The van der Waals surface area contributed by atoms with Crippen molar-refractivity contribution < 1.29 is 0 Å². The van der Waals surface area contributed by atoms with Gasteiger partial charge >= 0.3 is 0 Å². The van der Waals surface area contributed by atoms with Gasteiger partial charge in [0.25, 0.3) is 0 Å². The lowest BCUT2D eigenvalue weighted by Crippen LogP contribution is -2.22. The molecule has 0 radical (unpaired) electrons. The van der Waals surface area contributed by atoms with Crippen LogP contribution in [-0.4, -0.2) is 14.8 Å². The molecule has 0 bridgehead atoms. The zero-order chi connectivity index (χ0) is 12.6. The summed E-state index contributed by atoms with van der Waals surface area (Å²) >= 11 is 5.29. The first kappa shape index (κ1) is 12.0.